The molecule has 2 heterocycles. The van der Waals surface area contributed by atoms with E-state index in [0.29, 0.717) is 13.0 Å². The van der Waals surface area contributed by atoms with E-state index in [-0.39, 0.29) is 6.04 Å². The topological polar surface area (TPSA) is 61.0 Å². The number of halogens is 1. The van der Waals surface area contributed by atoms with E-state index >= 15 is 0 Å². The third kappa shape index (κ3) is 4.28. The van der Waals surface area contributed by atoms with Crippen LogP contribution in [0.25, 0.3) is 0 Å². The molecule has 0 bridgehead atoms. The number of aryl methyl sites for hydroxylation is 1. The number of aromatic nitrogens is 2. The van der Waals surface area contributed by atoms with Crippen molar-refractivity contribution in [1.29, 1.82) is 0 Å². The molecule has 0 aliphatic carbocycles. The Morgan fingerprint density at radius 3 is 2.75 bits per heavy atom. The maximum atomic E-state index is 5.85. The van der Waals surface area contributed by atoms with E-state index in [1.165, 1.54) is 0 Å². The molecular weight excluding hydrogens is 318 g/mol. The third-order valence-corrected chi connectivity index (χ3v) is 3.22. The lowest BCUT2D eigenvalue weighted by atomic mass is 10.1. The minimum atomic E-state index is 0.0532. The first kappa shape index (κ1) is 14.9. The normalized spacial score (nSPS) is 12.2. The molecule has 0 radical (unpaired) electrons. The fourth-order valence-electron chi connectivity index (χ4n) is 1.82. The number of ether oxygens (including phenoxy) is 1. The van der Waals surface area contributed by atoms with Crippen LogP contribution in [0, 0.1) is 6.92 Å². The average Bonchev–Trinajstić information content (AvgIpc) is 2.39. The van der Waals surface area contributed by atoms with Gasteiger partial charge in [-0.3, -0.25) is 9.97 Å². The Labute approximate surface area is 127 Å². The molecule has 1 unspecified atom stereocenters. The second-order valence-corrected chi connectivity index (χ2v) is 5.75. The van der Waals surface area contributed by atoms with Gasteiger partial charge in [0.2, 0.25) is 0 Å². The highest BCUT2D eigenvalue weighted by molar-refractivity contribution is 9.10. The molecule has 2 N–H and O–H groups in total. The summed E-state index contributed by atoms with van der Waals surface area (Å²) in [4.78, 5) is 8.79. The van der Waals surface area contributed by atoms with Crippen molar-refractivity contribution in [3.8, 4) is 5.75 Å². The van der Waals surface area contributed by atoms with E-state index in [1.54, 1.807) is 6.20 Å². The van der Waals surface area contributed by atoms with Crippen LogP contribution in [0.1, 0.15) is 24.0 Å². The predicted octanol–water partition coefficient (Wildman–Crippen LogP) is 3.02. The van der Waals surface area contributed by atoms with Gasteiger partial charge in [0.05, 0.1) is 11.4 Å². The lowest BCUT2D eigenvalue weighted by molar-refractivity contribution is 0.295. The minimum absolute atomic E-state index is 0.0532. The molecule has 0 saturated carbocycles. The molecule has 1 atom stereocenters. The zero-order chi connectivity index (χ0) is 14.5. The van der Waals surface area contributed by atoms with Gasteiger partial charge in [-0.1, -0.05) is 0 Å². The second-order valence-electron chi connectivity index (χ2n) is 4.84. The Morgan fingerprint density at radius 2 is 2.10 bits per heavy atom. The van der Waals surface area contributed by atoms with Gasteiger partial charge in [0.1, 0.15) is 12.4 Å². The molecule has 2 aromatic heterocycles. The highest BCUT2D eigenvalue weighted by Gasteiger charge is 2.09. The smallest absolute Gasteiger partial charge is 0.141 e. The van der Waals surface area contributed by atoms with Gasteiger partial charge >= 0.3 is 0 Å². The quantitative estimate of drug-likeness (QED) is 0.912. The van der Waals surface area contributed by atoms with E-state index in [4.69, 9.17) is 10.5 Å². The van der Waals surface area contributed by atoms with Crippen molar-refractivity contribution in [3.05, 3.63) is 52.0 Å². The first-order chi connectivity index (χ1) is 9.54. The standard InChI is InChI=1S/C15H18BrN3O/c1-10(17)7-14-15(6-3-11(2)19-14)20-9-13-5-4-12(16)8-18-13/h3-6,8,10H,7,9,17H2,1-2H3. The zero-order valence-electron chi connectivity index (χ0n) is 11.6. The van der Waals surface area contributed by atoms with Crippen molar-refractivity contribution in [3.63, 3.8) is 0 Å². The van der Waals surface area contributed by atoms with E-state index in [0.717, 1.165) is 27.3 Å². The highest BCUT2D eigenvalue weighted by atomic mass is 79.9. The van der Waals surface area contributed by atoms with Crippen molar-refractivity contribution in [1.82, 2.24) is 9.97 Å². The maximum Gasteiger partial charge on any atom is 0.141 e. The Hall–Kier alpha value is -1.46. The van der Waals surface area contributed by atoms with Crippen molar-refractivity contribution < 1.29 is 4.74 Å². The molecule has 106 valence electrons. The molecule has 0 saturated heterocycles. The van der Waals surface area contributed by atoms with Crippen molar-refractivity contribution >= 4 is 15.9 Å². The molecule has 4 nitrogen and oxygen atoms in total. The zero-order valence-corrected chi connectivity index (χ0v) is 13.2. The minimum Gasteiger partial charge on any atom is -0.485 e. The largest absolute Gasteiger partial charge is 0.485 e. The second kappa shape index (κ2) is 6.81. The molecule has 0 spiro atoms. The van der Waals surface area contributed by atoms with Crippen LogP contribution in [0.2, 0.25) is 0 Å². The van der Waals surface area contributed by atoms with Crippen LogP contribution >= 0.6 is 15.9 Å². The van der Waals surface area contributed by atoms with Crippen LogP contribution in [0.3, 0.4) is 0 Å². The van der Waals surface area contributed by atoms with Gasteiger partial charge in [-0.2, -0.15) is 0 Å². The lowest BCUT2D eigenvalue weighted by Gasteiger charge is -2.12. The highest BCUT2D eigenvalue weighted by Crippen LogP contribution is 2.19. The number of nitrogens with two attached hydrogens (primary N) is 1. The Bertz CT molecular complexity index is 570. The summed E-state index contributed by atoms with van der Waals surface area (Å²) in [5, 5.41) is 0. The van der Waals surface area contributed by atoms with E-state index < -0.39 is 0 Å². The molecule has 0 aromatic carbocycles. The first-order valence-corrected chi connectivity index (χ1v) is 7.29. The third-order valence-electron chi connectivity index (χ3n) is 2.75. The molecule has 20 heavy (non-hydrogen) atoms. The summed E-state index contributed by atoms with van der Waals surface area (Å²) in [6.07, 6.45) is 2.46. The van der Waals surface area contributed by atoms with Gasteiger partial charge in [0.15, 0.2) is 0 Å². The molecule has 2 aromatic rings. The summed E-state index contributed by atoms with van der Waals surface area (Å²) in [7, 11) is 0. The molecular formula is C15H18BrN3O. The van der Waals surface area contributed by atoms with Gasteiger partial charge in [-0.05, 0) is 54.0 Å². The van der Waals surface area contributed by atoms with Crippen LogP contribution in [0.5, 0.6) is 5.75 Å². The fraction of sp³-hybridized carbons (Fsp3) is 0.333. The summed E-state index contributed by atoms with van der Waals surface area (Å²) >= 11 is 3.36. The molecule has 0 aliphatic rings. The van der Waals surface area contributed by atoms with Crippen molar-refractivity contribution in [2.45, 2.75) is 32.9 Å². The number of pyridine rings is 2. The number of nitrogens with zero attached hydrogens (tertiary/aromatic N) is 2. The molecule has 5 heteroatoms. The summed E-state index contributed by atoms with van der Waals surface area (Å²) in [5.74, 6) is 0.776. The Balaban J connectivity index is 2.10. The summed E-state index contributed by atoms with van der Waals surface area (Å²) in [5.41, 5.74) is 8.60. The van der Waals surface area contributed by atoms with Crippen molar-refractivity contribution in [2.75, 3.05) is 0 Å². The van der Waals surface area contributed by atoms with Gasteiger partial charge < -0.3 is 10.5 Å². The monoisotopic (exact) mass is 335 g/mol. The van der Waals surface area contributed by atoms with Gasteiger partial charge in [0, 0.05) is 28.8 Å². The number of hydrogen-bond acceptors (Lipinski definition) is 4. The average molecular weight is 336 g/mol. The molecule has 0 amide bonds. The Morgan fingerprint density at radius 1 is 1.30 bits per heavy atom. The van der Waals surface area contributed by atoms with Crippen LogP contribution < -0.4 is 10.5 Å². The molecule has 0 fully saturated rings. The van der Waals surface area contributed by atoms with Crippen LogP contribution in [0.15, 0.2) is 34.9 Å². The summed E-state index contributed by atoms with van der Waals surface area (Å²) in [6, 6.07) is 7.81. The van der Waals surface area contributed by atoms with Gasteiger partial charge in [-0.15, -0.1) is 0 Å². The maximum absolute atomic E-state index is 5.85. The SMILES string of the molecule is Cc1ccc(OCc2ccc(Br)cn2)c(CC(C)N)n1. The van der Waals surface area contributed by atoms with Crippen LogP contribution in [-0.4, -0.2) is 16.0 Å². The first-order valence-electron chi connectivity index (χ1n) is 6.50. The lowest BCUT2D eigenvalue weighted by Crippen LogP contribution is -2.19. The van der Waals surface area contributed by atoms with Crippen LogP contribution in [-0.2, 0) is 13.0 Å². The van der Waals surface area contributed by atoms with Gasteiger partial charge in [-0.25, -0.2) is 0 Å². The number of hydrogen-bond donors (Lipinski definition) is 1. The van der Waals surface area contributed by atoms with E-state index in [1.807, 2.05) is 38.1 Å². The Kier molecular flexibility index (Phi) is 5.09. The van der Waals surface area contributed by atoms with Crippen molar-refractivity contribution in [2.24, 2.45) is 5.73 Å². The van der Waals surface area contributed by atoms with Gasteiger partial charge in [0.25, 0.3) is 0 Å². The summed E-state index contributed by atoms with van der Waals surface area (Å²) < 4.78 is 6.78. The van der Waals surface area contributed by atoms with E-state index in [2.05, 4.69) is 25.9 Å². The van der Waals surface area contributed by atoms with E-state index in [9.17, 15) is 0 Å². The fourth-order valence-corrected chi connectivity index (χ4v) is 2.06. The summed E-state index contributed by atoms with van der Waals surface area (Å²) in [6.45, 7) is 4.35. The predicted molar refractivity (Wildman–Crippen MR) is 82.6 cm³/mol. The molecule has 0 aliphatic heterocycles. The molecule has 2 rings (SSSR count). The van der Waals surface area contributed by atoms with Crippen LogP contribution in [0.4, 0.5) is 0 Å². The number of rotatable bonds is 5.